The molecule has 3 N–H and O–H groups in total. The molecule has 0 heterocycles. The molecule has 0 saturated carbocycles. The topological polar surface area (TPSA) is 72.5 Å². The summed E-state index contributed by atoms with van der Waals surface area (Å²) in [5, 5.41) is 9.64. The zero-order valence-electron chi connectivity index (χ0n) is 10.7. The summed E-state index contributed by atoms with van der Waals surface area (Å²) in [5.74, 6) is -2.52. The highest BCUT2D eigenvalue weighted by Gasteiger charge is 2.38. The monoisotopic (exact) mass is 373 g/mol. The lowest BCUT2D eigenvalue weighted by Gasteiger charge is -2.20. The average molecular weight is 374 g/mol. The molecule has 9 heteroatoms. The predicted molar refractivity (Wildman–Crippen MR) is 69.3 cm³/mol. The number of esters is 1. The maximum atomic E-state index is 13.8. The van der Waals surface area contributed by atoms with Gasteiger partial charge in [-0.25, -0.2) is 9.18 Å². The maximum Gasteiger partial charge on any atom is 0.420 e. The number of aromatic hydroxyl groups is 1. The molecule has 1 unspecified atom stereocenters. The normalized spacial score (nSPS) is 14.6. The van der Waals surface area contributed by atoms with E-state index in [2.05, 4.69) is 20.7 Å². The number of phenolic OH excluding ortho intramolecular Hbond substituents is 1. The molecule has 118 valence electrons. The molecule has 0 amide bonds. The van der Waals surface area contributed by atoms with Gasteiger partial charge in [0, 0.05) is 10.0 Å². The van der Waals surface area contributed by atoms with E-state index >= 15 is 0 Å². The Hall–Kier alpha value is -1.35. The fourth-order valence-corrected chi connectivity index (χ4v) is 2.09. The Morgan fingerprint density at radius 1 is 1.48 bits per heavy atom. The summed E-state index contributed by atoms with van der Waals surface area (Å²) in [7, 11) is 0. The summed E-state index contributed by atoms with van der Waals surface area (Å²) >= 11 is 2.82. The molecule has 4 nitrogen and oxygen atoms in total. The van der Waals surface area contributed by atoms with E-state index in [1.807, 2.05) is 0 Å². The number of phenols is 1. The highest BCUT2D eigenvalue weighted by atomic mass is 79.9. The van der Waals surface area contributed by atoms with Gasteiger partial charge in [0.05, 0.1) is 18.2 Å². The average Bonchev–Trinajstić information content (AvgIpc) is 2.38. The van der Waals surface area contributed by atoms with Crippen LogP contribution in [0.15, 0.2) is 16.6 Å². The number of benzene rings is 1. The lowest BCUT2D eigenvalue weighted by atomic mass is 9.99. The van der Waals surface area contributed by atoms with Crippen LogP contribution in [0, 0.1) is 0 Å². The highest BCUT2D eigenvalue weighted by molar-refractivity contribution is 9.10. The van der Waals surface area contributed by atoms with Crippen LogP contribution in [0.5, 0.6) is 5.75 Å². The van der Waals surface area contributed by atoms with Crippen molar-refractivity contribution in [3.63, 3.8) is 0 Å². The third-order valence-corrected chi connectivity index (χ3v) is 3.05. The van der Waals surface area contributed by atoms with Crippen molar-refractivity contribution in [3.8, 4) is 5.75 Å². The van der Waals surface area contributed by atoms with Gasteiger partial charge in [0.2, 0.25) is 6.17 Å². The molecular weight excluding hydrogens is 362 g/mol. The number of nitrogens with two attached hydrogens (primary N) is 1. The Morgan fingerprint density at radius 3 is 2.52 bits per heavy atom. The van der Waals surface area contributed by atoms with Crippen LogP contribution in [0.25, 0.3) is 0 Å². The molecule has 0 aliphatic heterocycles. The van der Waals surface area contributed by atoms with E-state index in [0.29, 0.717) is 6.07 Å². The largest absolute Gasteiger partial charge is 0.507 e. The van der Waals surface area contributed by atoms with Gasteiger partial charge in [-0.05, 0) is 19.1 Å². The molecule has 21 heavy (non-hydrogen) atoms. The molecule has 0 aliphatic carbocycles. The molecule has 0 spiro atoms. The van der Waals surface area contributed by atoms with E-state index in [1.54, 1.807) is 0 Å². The third kappa shape index (κ3) is 4.07. The van der Waals surface area contributed by atoms with Gasteiger partial charge in [-0.15, -0.1) is 0 Å². The van der Waals surface area contributed by atoms with Crippen LogP contribution < -0.4 is 5.73 Å². The summed E-state index contributed by atoms with van der Waals surface area (Å²) in [6.45, 7) is 1.33. The van der Waals surface area contributed by atoms with Crippen LogP contribution >= 0.6 is 15.9 Å². The first kappa shape index (κ1) is 17.7. The number of ether oxygens (including phenoxy) is 1. The Balaban J connectivity index is 3.24. The molecular formula is C12H12BrF4NO3. The fourth-order valence-electron chi connectivity index (χ4n) is 1.62. The van der Waals surface area contributed by atoms with Gasteiger partial charge in [0.25, 0.3) is 0 Å². The Bertz CT molecular complexity index is 536. The van der Waals surface area contributed by atoms with E-state index in [9.17, 15) is 27.5 Å². The number of rotatable bonds is 4. The standard InChI is InChI=1S/C12H12BrF4NO3/c1-2-21-11(20)8(14)9(18)6-3-5(13)4-7(10(6)19)12(15,16)17/h3-4,8-9,19H,2,18H2,1H3/t8?,9-/m0/s1. The summed E-state index contributed by atoms with van der Waals surface area (Å²) < 4.78 is 56.4. The quantitative estimate of drug-likeness (QED) is 0.628. The van der Waals surface area contributed by atoms with Gasteiger partial charge in [0.1, 0.15) is 5.75 Å². The van der Waals surface area contributed by atoms with E-state index < -0.39 is 41.2 Å². The van der Waals surface area contributed by atoms with Crippen LogP contribution in [-0.4, -0.2) is 23.9 Å². The van der Waals surface area contributed by atoms with Gasteiger partial charge in [0.15, 0.2) is 0 Å². The molecule has 1 aromatic rings. The van der Waals surface area contributed by atoms with Gasteiger partial charge < -0.3 is 15.6 Å². The molecule has 0 aliphatic rings. The van der Waals surface area contributed by atoms with Crippen LogP contribution in [0.2, 0.25) is 0 Å². The maximum absolute atomic E-state index is 13.8. The molecule has 0 radical (unpaired) electrons. The van der Waals surface area contributed by atoms with Crippen LogP contribution in [0.1, 0.15) is 24.1 Å². The zero-order valence-corrected chi connectivity index (χ0v) is 12.3. The number of halogens is 5. The number of hydrogen-bond acceptors (Lipinski definition) is 4. The third-order valence-electron chi connectivity index (χ3n) is 2.60. The number of alkyl halides is 4. The minimum Gasteiger partial charge on any atom is -0.507 e. The summed E-state index contributed by atoms with van der Waals surface area (Å²) in [4.78, 5) is 11.2. The van der Waals surface area contributed by atoms with E-state index in [0.717, 1.165) is 6.07 Å². The van der Waals surface area contributed by atoms with Crippen LogP contribution in [-0.2, 0) is 15.7 Å². The minimum absolute atomic E-state index is 0.0610. The van der Waals surface area contributed by atoms with Crippen molar-refractivity contribution in [2.24, 2.45) is 5.73 Å². The Morgan fingerprint density at radius 2 is 2.05 bits per heavy atom. The molecule has 2 atom stereocenters. The smallest absolute Gasteiger partial charge is 0.420 e. The van der Waals surface area contributed by atoms with Gasteiger partial charge in [-0.1, -0.05) is 15.9 Å². The first-order valence-corrected chi connectivity index (χ1v) is 6.54. The Kier molecular flexibility index (Phi) is 5.57. The Labute approximate surface area is 126 Å². The first-order chi connectivity index (χ1) is 9.59. The molecule has 0 saturated heterocycles. The lowest BCUT2D eigenvalue weighted by molar-refractivity contribution is -0.149. The van der Waals surface area contributed by atoms with Gasteiger partial charge in [-0.2, -0.15) is 13.2 Å². The van der Waals surface area contributed by atoms with E-state index in [1.165, 1.54) is 6.92 Å². The second-order valence-electron chi connectivity index (χ2n) is 4.07. The van der Waals surface area contributed by atoms with Crippen molar-refractivity contribution in [2.75, 3.05) is 6.61 Å². The van der Waals surface area contributed by atoms with Crippen molar-refractivity contribution in [1.82, 2.24) is 0 Å². The van der Waals surface area contributed by atoms with E-state index in [4.69, 9.17) is 5.73 Å². The highest BCUT2D eigenvalue weighted by Crippen LogP contribution is 2.41. The van der Waals surface area contributed by atoms with Crippen molar-refractivity contribution in [3.05, 3.63) is 27.7 Å². The molecule has 0 aromatic heterocycles. The SMILES string of the molecule is CCOC(=O)C(F)[C@@H](N)c1cc(Br)cc(C(F)(F)F)c1O. The second-order valence-corrected chi connectivity index (χ2v) is 4.98. The molecule has 0 fully saturated rings. The molecule has 1 aromatic carbocycles. The van der Waals surface area contributed by atoms with Gasteiger partial charge >= 0.3 is 12.1 Å². The number of hydrogen-bond donors (Lipinski definition) is 2. The van der Waals surface area contributed by atoms with Crippen molar-refractivity contribution < 1.29 is 32.2 Å². The van der Waals surface area contributed by atoms with E-state index in [-0.39, 0.29) is 11.1 Å². The van der Waals surface area contributed by atoms with Crippen molar-refractivity contribution >= 4 is 21.9 Å². The fraction of sp³-hybridized carbons (Fsp3) is 0.417. The number of carbonyl (C=O) groups is 1. The van der Waals surface area contributed by atoms with Crippen LogP contribution in [0.4, 0.5) is 17.6 Å². The van der Waals surface area contributed by atoms with Crippen molar-refractivity contribution in [2.45, 2.75) is 25.3 Å². The predicted octanol–water partition coefficient (Wildman–Crippen LogP) is 3.07. The summed E-state index contributed by atoms with van der Waals surface area (Å²) in [6, 6.07) is -0.146. The number of carbonyl (C=O) groups excluding carboxylic acids is 1. The minimum atomic E-state index is -4.85. The first-order valence-electron chi connectivity index (χ1n) is 5.75. The van der Waals surface area contributed by atoms with Gasteiger partial charge in [-0.3, -0.25) is 0 Å². The summed E-state index contributed by atoms with van der Waals surface area (Å²) in [6.07, 6.45) is -7.25. The second kappa shape index (κ2) is 6.61. The molecule has 0 bridgehead atoms. The summed E-state index contributed by atoms with van der Waals surface area (Å²) in [5.41, 5.74) is 3.51. The lowest BCUT2D eigenvalue weighted by Crippen LogP contribution is -2.31. The zero-order chi connectivity index (χ0) is 16.4. The van der Waals surface area contributed by atoms with Crippen molar-refractivity contribution in [1.29, 1.82) is 0 Å². The van der Waals surface area contributed by atoms with Crippen LogP contribution in [0.3, 0.4) is 0 Å². The molecule has 1 rings (SSSR count).